The number of nitrogens with zero attached hydrogens (tertiary/aromatic N) is 1. The second-order valence-electron chi connectivity index (χ2n) is 5.57. The zero-order chi connectivity index (χ0) is 14.7. The first-order valence-corrected chi connectivity index (χ1v) is 8.31. The molecule has 1 aromatic carbocycles. The number of thiazole rings is 1. The van der Waals surface area contributed by atoms with Crippen LogP contribution in [0.5, 0.6) is 0 Å². The van der Waals surface area contributed by atoms with Gasteiger partial charge < -0.3 is 10.1 Å². The van der Waals surface area contributed by atoms with Crippen molar-refractivity contribution in [3.8, 4) is 0 Å². The summed E-state index contributed by atoms with van der Waals surface area (Å²) in [6.07, 6.45) is 4.99. The second-order valence-corrected chi connectivity index (χ2v) is 6.60. The summed E-state index contributed by atoms with van der Waals surface area (Å²) in [6, 6.07) is 6.12. The maximum atomic E-state index is 12.0. The number of benzene rings is 1. The molecular formula is C16H20N2O2S. The van der Waals surface area contributed by atoms with Gasteiger partial charge in [-0.25, -0.2) is 4.98 Å². The molecule has 0 radical (unpaired) electrons. The molecule has 1 aliphatic heterocycles. The maximum Gasteiger partial charge on any atom is 0.226 e. The number of hydrogen-bond acceptors (Lipinski definition) is 4. The molecule has 2 aromatic rings. The van der Waals surface area contributed by atoms with Crippen LogP contribution in [0.4, 0.5) is 5.13 Å². The van der Waals surface area contributed by atoms with E-state index in [2.05, 4.69) is 23.3 Å². The summed E-state index contributed by atoms with van der Waals surface area (Å²) >= 11 is 1.53. The molecule has 0 spiro atoms. The van der Waals surface area contributed by atoms with Gasteiger partial charge in [-0.1, -0.05) is 17.4 Å². The molecule has 1 N–H and O–H groups in total. The van der Waals surface area contributed by atoms with Crippen LogP contribution in [0, 0.1) is 6.92 Å². The Morgan fingerprint density at radius 2 is 2.38 bits per heavy atom. The minimum Gasteiger partial charge on any atom is -0.378 e. The van der Waals surface area contributed by atoms with Crippen molar-refractivity contribution in [1.82, 2.24) is 4.98 Å². The number of ether oxygens (including phenoxy) is 1. The molecule has 112 valence electrons. The summed E-state index contributed by atoms with van der Waals surface area (Å²) in [6.45, 7) is 2.89. The van der Waals surface area contributed by atoms with E-state index in [4.69, 9.17) is 4.74 Å². The highest BCUT2D eigenvalue weighted by atomic mass is 32.1. The lowest BCUT2D eigenvalue weighted by Gasteiger charge is -2.21. The molecular weight excluding hydrogens is 284 g/mol. The first-order chi connectivity index (χ1) is 10.2. The van der Waals surface area contributed by atoms with Crippen LogP contribution >= 0.6 is 11.3 Å². The van der Waals surface area contributed by atoms with Gasteiger partial charge in [0.05, 0.1) is 16.3 Å². The monoisotopic (exact) mass is 304 g/mol. The van der Waals surface area contributed by atoms with E-state index in [-0.39, 0.29) is 12.0 Å². The van der Waals surface area contributed by atoms with Crippen molar-refractivity contribution >= 4 is 32.6 Å². The standard InChI is InChI=1S/C16H20N2O2S/c1-11-5-7-13-14(10-11)21-16(17-13)18-15(19)8-6-12-4-2-3-9-20-12/h5,7,10,12H,2-4,6,8-9H2,1H3,(H,17,18,19). The molecule has 0 bridgehead atoms. The van der Waals surface area contributed by atoms with Gasteiger partial charge in [-0.05, 0) is 50.3 Å². The molecule has 1 atom stereocenters. The number of hydrogen-bond donors (Lipinski definition) is 1. The molecule has 1 unspecified atom stereocenters. The van der Waals surface area contributed by atoms with Crippen LogP contribution in [0.25, 0.3) is 10.2 Å². The van der Waals surface area contributed by atoms with Crippen LogP contribution in [0.2, 0.25) is 0 Å². The first kappa shape index (κ1) is 14.5. The Bertz CT molecular complexity index is 632. The van der Waals surface area contributed by atoms with Crippen molar-refractivity contribution in [3.63, 3.8) is 0 Å². The van der Waals surface area contributed by atoms with Crippen LogP contribution in [0.15, 0.2) is 18.2 Å². The highest BCUT2D eigenvalue weighted by Gasteiger charge is 2.16. The molecule has 1 fully saturated rings. The molecule has 1 saturated heterocycles. The molecule has 5 heteroatoms. The minimum atomic E-state index is 0.0277. The smallest absolute Gasteiger partial charge is 0.226 e. The topological polar surface area (TPSA) is 51.2 Å². The van der Waals surface area contributed by atoms with Gasteiger partial charge in [-0.3, -0.25) is 4.79 Å². The number of carbonyl (C=O) groups excluding carboxylic acids is 1. The molecule has 3 rings (SSSR count). The number of carbonyl (C=O) groups is 1. The van der Waals surface area contributed by atoms with Crippen molar-refractivity contribution in [2.45, 2.75) is 45.1 Å². The lowest BCUT2D eigenvalue weighted by Crippen LogP contribution is -2.21. The lowest BCUT2D eigenvalue weighted by atomic mass is 10.0. The second kappa shape index (κ2) is 6.54. The average Bonchev–Trinajstić information content (AvgIpc) is 2.87. The quantitative estimate of drug-likeness (QED) is 0.932. The molecule has 1 amide bonds. The van der Waals surface area contributed by atoms with Gasteiger partial charge in [-0.2, -0.15) is 0 Å². The number of amides is 1. The summed E-state index contributed by atoms with van der Waals surface area (Å²) < 4.78 is 6.76. The van der Waals surface area contributed by atoms with Gasteiger partial charge in [0, 0.05) is 13.0 Å². The number of aromatic nitrogens is 1. The van der Waals surface area contributed by atoms with Crippen LogP contribution in [0.3, 0.4) is 0 Å². The molecule has 4 nitrogen and oxygen atoms in total. The Balaban J connectivity index is 1.55. The Hall–Kier alpha value is -1.46. The third-order valence-corrected chi connectivity index (χ3v) is 4.69. The number of anilines is 1. The van der Waals surface area contributed by atoms with E-state index in [9.17, 15) is 4.79 Å². The van der Waals surface area contributed by atoms with Gasteiger partial charge in [0.1, 0.15) is 0 Å². The number of nitrogens with one attached hydrogen (secondary N) is 1. The number of fused-ring (bicyclic) bond motifs is 1. The van der Waals surface area contributed by atoms with Gasteiger partial charge >= 0.3 is 0 Å². The first-order valence-electron chi connectivity index (χ1n) is 7.49. The zero-order valence-corrected chi connectivity index (χ0v) is 13.0. The lowest BCUT2D eigenvalue weighted by molar-refractivity contribution is -0.117. The van der Waals surface area contributed by atoms with E-state index in [1.54, 1.807) is 0 Å². The van der Waals surface area contributed by atoms with Gasteiger partial charge in [0.15, 0.2) is 5.13 Å². The number of rotatable bonds is 4. The van der Waals surface area contributed by atoms with Crippen molar-refractivity contribution in [2.75, 3.05) is 11.9 Å². The Morgan fingerprint density at radius 1 is 1.48 bits per heavy atom. The van der Waals surface area contributed by atoms with Gasteiger partial charge in [-0.15, -0.1) is 0 Å². The number of aryl methyl sites for hydroxylation is 1. The van der Waals surface area contributed by atoms with E-state index in [0.717, 1.165) is 36.1 Å². The van der Waals surface area contributed by atoms with E-state index in [1.165, 1.54) is 23.3 Å². The molecule has 0 saturated carbocycles. The normalized spacial score (nSPS) is 18.8. The molecule has 2 heterocycles. The van der Waals surface area contributed by atoms with E-state index >= 15 is 0 Å². The van der Waals surface area contributed by atoms with Crippen molar-refractivity contribution < 1.29 is 9.53 Å². The van der Waals surface area contributed by atoms with Gasteiger partial charge in [0.2, 0.25) is 5.91 Å². The molecule has 1 aliphatic rings. The van der Waals surface area contributed by atoms with E-state index in [0.29, 0.717) is 11.6 Å². The van der Waals surface area contributed by atoms with Crippen molar-refractivity contribution in [2.24, 2.45) is 0 Å². The van der Waals surface area contributed by atoms with E-state index in [1.807, 2.05) is 12.1 Å². The fourth-order valence-corrected chi connectivity index (χ4v) is 3.57. The Morgan fingerprint density at radius 3 is 3.19 bits per heavy atom. The summed E-state index contributed by atoms with van der Waals surface area (Å²) in [5.74, 6) is 0.0277. The predicted molar refractivity (Wildman–Crippen MR) is 85.8 cm³/mol. The Kier molecular flexibility index (Phi) is 4.51. The van der Waals surface area contributed by atoms with Crippen LogP contribution in [0.1, 0.15) is 37.7 Å². The summed E-state index contributed by atoms with van der Waals surface area (Å²) in [5, 5.41) is 3.59. The van der Waals surface area contributed by atoms with E-state index < -0.39 is 0 Å². The zero-order valence-electron chi connectivity index (χ0n) is 12.2. The summed E-state index contributed by atoms with van der Waals surface area (Å²) in [7, 11) is 0. The fraction of sp³-hybridized carbons (Fsp3) is 0.500. The third-order valence-electron chi connectivity index (χ3n) is 3.76. The third kappa shape index (κ3) is 3.80. The van der Waals surface area contributed by atoms with Crippen LogP contribution in [-0.2, 0) is 9.53 Å². The predicted octanol–water partition coefficient (Wildman–Crippen LogP) is 3.89. The van der Waals surface area contributed by atoms with Crippen LogP contribution < -0.4 is 5.32 Å². The minimum absolute atomic E-state index is 0.0277. The highest BCUT2D eigenvalue weighted by molar-refractivity contribution is 7.22. The molecule has 0 aliphatic carbocycles. The fourth-order valence-electron chi connectivity index (χ4n) is 2.59. The molecule has 1 aromatic heterocycles. The summed E-state index contributed by atoms with van der Waals surface area (Å²) in [5.41, 5.74) is 2.15. The molecule has 21 heavy (non-hydrogen) atoms. The highest BCUT2D eigenvalue weighted by Crippen LogP contribution is 2.27. The van der Waals surface area contributed by atoms with Gasteiger partial charge in [0.25, 0.3) is 0 Å². The van der Waals surface area contributed by atoms with Crippen LogP contribution in [-0.4, -0.2) is 23.6 Å². The Labute approximate surface area is 128 Å². The largest absolute Gasteiger partial charge is 0.378 e. The van der Waals surface area contributed by atoms with Crippen molar-refractivity contribution in [3.05, 3.63) is 23.8 Å². The average molecular weight is 304 g/mol. The maximum absolute atomic E-state index is 12.0. The van der Waals surface area contributed by atoms with Crippen molar-refractivity contribution in [1.29, 1.82) is 0 Å². The SMILES string of the molecule is Cc1ccc2nc(NC(=O)CCC3CCCCO3)sc2c1. The summed E-state index contributed by atoms with van der Waals surface area (Å²) in [4.78, 5) is 16.4.